The molecule has 10 rings (SSSR count). The maximum atomic E-state index is 8.92. The third-order valence-electron chi connectivity index (χ3n) is 17.6. The summed E-state index contributed by atoms with van der Waals surface area (Å²) in [6.45, 7) is 51.1. The van der Waals surface area contributed by atoms with Crippen LogP contribution >= 0.6 is 0 Å². The number of aromatic nitrogens is 5. The highest BCUT2D eigenvalue weighted by molar-refractivity contribution is 5.65. The molecule has 5 heterocycles. The van der Waals surface area contributed by atoms with Crippen LogP contribution in [-0.4, -0.2) is 0 Å². The summed E-state index contributed by atoms with van der Waals surface area (Å²) >= 11 is 0. The Morgan fingerprint density at radius 2 is 0.587 bits per heavy atom. The van der Waals surface area contributed by atoms with Crippen molar-refractivity contribution in [2.75, 3.05) is 0 Å². The predicted molar refractivity (Wildman–Crippen MR) is 447 cm³/mol. The van der Waals surface area contributed by atoms with Gasteiger partial charge in [0.15, 0.2) is 31.0 Å². The molecule has 0 spiro atoms. The second-order valence-corrected chi connectivity index (χ2v) is 35.7. The summed E-state index contributed by atoms with van der Waals surface area (Å²) in [5, 5.41) is 0. The summed E-state index contributed by atoms with van der Waals surface area (Å²) in [7, 11) is 10.1. The molecule has 0 radical (unpaired) electrons. The van der Waals surface area contributed by atoms with Gasteiger partial charge in [-0.15, -0.1) is 0 Å². The number of nitrogens with zero attached hydrogens (tertiary/aromatic N) is 5. The highest BCUT2D eigenvalue weighted by Gasteiger charge is 2.27. The standard InChI is InChI=1S/C23H34N.4C19H26N/c1-17-11-9-10-12-20(17)21-13-18(14-22(2,3)4)19(16-24(21)8)15-23(5,6)7;2*1-14-7-9-17(15(2)11-14)18-10-8-16(13-20(18)6)12-19(3,4)5;2*1-14-9-7-8-10-17(14)18-11-15(2)16(13-20(18)6)12-19(3,4)5/h9-13,16H,14-15H2,1-8H3;4*7-11,13H,12H2,1-6H3/q5*+1/i14D2,15D2;1D3,12D2;;12D2;. The smallest absolute Gasteiger partial charge is 0.201 e. The number of hydrogen-bond acceptors (Lipinski definition) is 0. The fourth-order valence-corrected chi connectivity index (χ4v) is 13.0. The first-order valence-corrected chi connectivity index (χ1v) is 37.3. The second kappa shape index (κ2) is 35.3. The van der Waals surface area contributed by atoms with Gasteiger partial charge in [-0.25, -0.2) is 22.8 Å². The minimum Gasteiger partial charge on any atom is -0.201 e. The molecule has 0 N–H and O–H groups in total. The molecule has 5 aromatic carbocycles. The van der Waals surface area contributed by atoms with E-state index in [9.17, 15) is 0 Å². The minimum atomic E-state index is -2.11. The molecule has 0 bridgehead atoms. The van der Waals surface area contributed by atoms with Gasteiger partial charge in [0.1, 0.15) is 35.2 Å². The van der Waals surface area contributed by atoms with Gasteiger partial charge < -0.3 is 0 Å². The van der Waals surface area contributed by atoms with Gasteiger partial charge in [0.25, 0.3) is 0 Å². The van der Waals surface area contributed by atoms with Crippen molar-refractivity contribution in [3.63, 3.8) is 0 Å². The van der Waals surface area contributed by atoms with E-state index in [1.54, 1.807) is 18.3 Å². The molecule has 0 aliphatic rings. The van der Waals surface area contributed by atoms with Gasteiger partial charge in [0, 0.05) is 101 Å². The van der Waals surface area contributed by atoms with E-state index in [1.807, 2.05) is 212 Å². The maximum Gasteiger partial charge on any atom is 0.212 e. The van der Waals surface area contributed by atoms with E-state index in [1.165, 1.54) is 67.0 Å². The van der Waals surface area contributed by atoms with E-state index < -0.39 is 54.0 Å². The third kappa shape index (κ3) is 26.5. The molecule has 0 atom stereocenters. The molecule has 0 saturated heterocycles. The summed E-state index contributed by atoms with van der Waals surface area (Å²) in [5.41, 5.74) is 24.6. The van der Waals surface area contributed by atoms with E-state index in [2.05, 4.69) is 191 Å². The zero-order valence-electron chi connectivity index (χ0n) is 81.0. The first-order valence-electron chi connectivity index (χ1n) is 42.8. The van der Waals surface area contributed by atoms with Gasteiger partial charge in [0.2, 0.25) is 28.5 Å². The van der Waals surface area contributed by atoms with Crippen LogP contribution in [0.5, 0.6) is 0 Å². The molecule has 0 saturated carbocycles. The zero-order valence-corrected chi connectivity index (χ0v) is 70.0. The molecule has 5 nitrogen and oxygen atoms in total. The molecule has 0 fully saturated rings. The van der Waals surface area contributed by atoms with Gasteiger partial charge in [-0.1, -0.05) is 215 Å². The van der Waals surface area contributed by atoms with E-state index in [0.29, 0.717) is 33.1 Å². The second-order valence-electron chi connectivity index (χ2n) is 35.7. The SMILES string of the molecule is Cc1cc(-c2ccccc2C)[n+](C)cc1CC(C)(C)C.Cc1ccc(-c2ccc(CC(C)(C)C)c[n+]2C)c(C)c1.[2H]C([2H])([2H])c1ccc(-c2ccc(C([2H])([2H])C(C)(C)C)c[n+]2C)c(C)c1.[2H]C([2H])(c1c[n+](C)c(-c2ccccc2C)cc1C)C(C)(C)C.[2H]C([2H])(c1cc(-c2ccccc2C)[n+](C)cc1C([2H])([2H])C(C)(C)C)C(C)(C)C. The molecular formula is C99H138N5+5. The van der Waals surface area contributed by atoms with Crippen molar-refractivity contribution in [3.05, 3.63) is 266 Å². The molecular weight excluding hydrogens is 1260 g/mol. The van der Waals surface area contributed by atoms with E-state index in [0.717, 1.165) is 63.3 Å². The molecule has 5 aromatic heterocycles. The molecule has 0 amide bonds. The summed E-state index contributed by atoms with van der Waals surface area (Å²) in [5.74, 6) is 0. The van der Waals surface area contributed by atoms with Crippen molar-refractivity contribution >= 4 is 0 Å². The molecule has 0 aliphatic carbocycles. The van der Waals surface area contributed by atoms with E-state index in [4.69, 9.17) is 15.1 Å². The van der Waals surface area contributed by atoms with E-state index in [-0.39, 0.29) is 0 Å². The quantitative estimate of drug-likeness (QED) is 0.115. The minimum absolute atomic E-state index is 0.321. The topological polar surface area (TPSA) is 19.4 Å². The van der Waals surface area contributed by atoms with Crippen molar-refractivity contribution in [2.45, 2.75) is 225 Å². The Balaban J connectivity index is 0.000000225. The van der Waals surface area contributed by atoms with Crippen LogP contribution in [0.1, 0.15) is 223 Å². The van der Waals surface area contributed by atoms with Crippen molar-refractivity contribution in [3.8, 4) is 56.3 Å². The van der Waals surface area contributed by atoms with Crippen molar-refractivity contribution in [2.24, 2.45) is 67.7 Å². The van der Waals surface area contributed by atoms with Crippen LogP contribution in [0.25, 0.3) is 56.3 Å². The Hall–Kier alpha value is -8.15. The molecule has 554 valence electrons. The maximum absolute atomic E-state index is 8.92. The molecule has 104 heavy (non-hydrogen) atoms. The van der Waals surface area contributed by atoms with Crippen molar-refractivity contribution < 1.29 is 37.9 Å². The Labute approximate surface area is 650 Å². The molecule has 5 heteroatoms. The molecule has 0 aliphatic heterocycles. The van der Waals surface area contributed by atoms with Crippen LogP contribution in [-0.2, 0) is 73.6 Å². The highest BCUT2D eigenvalue weighted by atomic mass is 14.9. The summed E-state index contributed by atoms with van der Waals surface area (Å²) < 4.78 is 102. The average molecular weight is 1410 g/mol. The van der Waals surface area contributed by atoms with E-state index >= 15 is 0 Å². The number of benzene rings is 5. The number of hydrogen-bond donors (Lipinski definition) is 0. The van der Waals surface area contributed by atoms with Gasteiger partial charge in [-0.3, -0.25) is 0 Å². The van der Waals surface area contributed by atoms with Gasteiger partial charge in [-0.2, -0.15) is 0 Å². The normalized spacial score (nSPS) is 14.1. The van der Waals surface area contributed by atoms with Crippen LogP contribution in [0.2, 0.25) is 0 Å². The van der Waals surface area contributed by atoms with Crippen LogP contribution in [0.4, 0.5) is 0 Å². The molecule has 10 aromatic rings. The highest BCUT2D eigenvalue weighted by Crippen LogP contribution is 2.33. The van der Waals surface area contributed by atoms with Gasteiger partial charge in [-0.05, 0) is 220 Å². The monoisotopic (exact) mass is 1410 g/mol. The first kappa shape index (κ1) is 68.9. The Kier molecular flexibility index (Phi) is 23.4. The predicted octanol–water partition coefficient (Wildman–Crippen LogP) is 23.2. The lowest BCUT2D eigenvalue weighted by Gasteiger charge is -2.24. The zero-order chi connectivity index (χ0) is 87.4. The number of aryl methyl sites for hydroxylation is 14. The molecule has 0 unspecified atom stereocenters. The summed E-state index contributed by atoms with van der Waals surface area (Å²) in [6.07, 6.45) is 6.10. The van der Waals surface area contributed by atoms with Crippen LogP contribution in [0.3, 0.4) is 0 Å². The Morgan fingerprint density at radius 3 is 0.981 bits per heavy atom. The fourth-order valence-electron chi connectivity index (χ4n) is 13.0. The number of pyridine rings is 5. The van der Waals surface area contributed by atoms with Crippen molar-refractivity contribution in [1.82, 2.24) is 0 Å². The van der Waals surface area contributed by atoms with Crippen molar-refractivity contribution in [1.29, 1.82) is 0 Å². The Morgan fingerprint density at radius 1 is 0.260 bits per heavy atom. The largest absolute Gasteiger partial charge is 0.212 e. The fraction of sp³-hybridized carbons (Fsp3) is 0.444. The third-order valence-corrected chi connectivity index (χ3v) is 17.6. The lowest BCUT2D eigenvalue weighted by Crippen LogP contribution is -2.33. The van der Waals surface area contributed by atoms with Gasteiger partial charge >= 0.3 is 0 Å². The Bertz CT molecular complexity index is 5060. The van der Waals surface area contributed by atoms with Gasteiger partial charge in [0.05, 0.1) is 0 Å². The number of rotatable bonds is 11. The lowest BCUT2D eigenvalue weighted by atomic mass is 9.81. The summed E-state index contributed by atoms with van der Waals surface area (Å²) in [4.78, 5) is 0. The lowest BCUT2D eigenvalue weighted by molar-refractivity contribution is -0.661. The average Bonchev–Trinajstić information content (AvgIpc) is 0.734. The van der Waals surface area contributed by atoms with Crippen LogP contribution in [0, 0.1) is 94.7 Å². The summed E-state index contributed by atoms with van der Waals surface area (Å²) in [6, 6.07) is 51.2. The van der Waals surface area contributed by atoms with Crippen LogP contribution in [0.15, 0.2) is 183 Å². The first-order chi connectivity index (χ1) is 52.4. The van der Waals surface area contributed by atoms with Crippen LogP contribution < -0.4 is 22.8 Å².